The minimum Gasteiger partial charge on any atom is -0.253 e. The first-order chi connectivity index (χ1) is 5.20. The zero-order chi connectivity index (χ0) is 8.69. The molecule has 0 heterocycles. The minimum atomic E-state index is 0.824. The summed E-state index contributed by atoms with van der Waals surface area (Å²) in [4.78, 5) is 4.07. The predicted octanol–water partition coefficient (Wildman–Crippen LogP) is 3.10. The zero-order valence-electron chi connectivity index (χ0n) is 7.52. The quantitative estimate of drug-likeness (QED) is 0.432. The molecule has 0 amide bonds. The van der Waals surface area contributed by atoms with Crippen LogP contribution in [0.25, 0.3) is 0 Å². The first-order valence-electron chi connectivity index (χ1n) is 3.77. The molecule has 0 saturated heterocycles. The Bertz CT molecular complexity index is 215. The van der Waals surface area contributed by atoms with Crippen LogP contribution in [0.2, 0.25) is 0 Å². The maximum atomic E-state index is 4.07. The van der Waals surface area contributed by atoms with Crippen molar-refractivity contribution in [3.8, 4) is 0 Å². The van der Waals surface area contributed by atoms with E-state index < -0.39 is 0 Å². The smallest absolute Gasteiger partial charge is 0.0783 e. The largest absolute Gasteiger partial charge is 0.253 e. The van der Waals surface area contributed by atoms with Crippen LogP contribution in [0.5, 0.6) is 0 Å². The fourth-order valence-corrected chi connectivity index (χ4v) is 0.440. The second-order valence-corrected chi connectivity index (χ2v) is 2.41. The second-order valence-electron chi connectivity index (χ2n) is 2.41. The molecule has 0 spiro atoms. The summed E-state index contributed by atoms with van der Waals surface area (Å²) in [7, 11) is 0. The summed E-state index contributed by atoms with van der Waals surface area (Å²) in [6, 6.07) is 0. The summed E-state index contributed by atoms with van der Waals surface area (Å²) in [5.74, 6) is 0. The Hall–Kier alpha value is -1.07. The molecule has 0 aromatic heterocycles. The Morgan fingerprint density at radius 2 is 2.18 bits per heavy atom. The molecule has 0 aliphatic heterocycles. The van der Waals surface area contributed by atoms with Crippen molar-refractivity contribution in [3.63, 3.8) is 0 Å². The Balaban J connectivity index is 4.06. The topological polar surface area (TPSA) is 12.4 Å². The van der Waals surface area contributed by atoms with Crippen molar-refractivity contribution >= 4 is 6.21 Å². The molecule has 0 aliphatic rings. The number of nitrogens with zero attached hydrogens (tertiary/aromatic N) is 1. The molecule has 0 radical (unpaired) electrons. The molecule has 0 aromatic carbocycles. The summed E-state index contributed by atoms with van der Waals surface area (Å²) in [6.45, 7) is 9.56. The SMILES string of the molecule is C=C=C(C)N=C/C=C(\C)CC. The van der Waals surface area contributed by atoms with Crippen LogP contribution < -0.4 is 0 Å². The van der Waals surface area contributed by atoms with Gasteiger partial charge in [-0.1, -0.05) is 19.1 Å². The van der Waals surface area contributed by atoms with Gasteiger partial charge in [0.15, 0.2) is 0 Å². The Labute approximate surface area is 68.9 Å². The highest BCUT2D eigenvalue weighted by molar-refractivity contribution is 5.72. The minimum absolute atomic E-state index is 0.824. The predicted molar refractivity (Wildman–Crippen MR) is 50.9 cm³/mol. The fraction of sp³-hybridized carbons (Fsp3) is 0.400. The number of aliphatic imine (C=N–C) groups is 1. The van der Waals surface area contributed by atoms with Gasteiger partial charge in [0.2, 0.25) is 0 Å². The highest BCUT2D eigenvalue weighted by atomic mass is 14.7. The summed E-state index contributed by atoms with van der Waals surface area (Å²) in [6.07, 6.45) is 4.86. The van der Waals surface area contributed by atoms with Gasteiger partial charge in [0.05, 0.1) is 5.70 Å². The average Bonchev–Trinajstić information content (AvgIpc) is 2.04. The van der Waals surface area contributed by atoms with E-state index in [1.54, 1.807) is 6.21 Å². The van der Waals surface area contributed by atoms with Crippen LogP contribution in [-0.2, 0) is 0 Å². The lowest BCUT2D eigenvalue weighted by atomic mass is 10.2. The Kier molecular flexibility index (Phi) is 5.14. The van der Waals surface area contributed by atoms with Gasteiger partial charge in [0.1, 0.15) is 0 Å². The van der Waals surface area contributed by atoms with Gasteiger partial charge in [0, 0.05) is 6.21 Å². The molecule has 0 aliphatic carbocycles. The molecule has 0 fully saturated rings. The van der Waals surface area contributed by atoms with Gasteiger partial charge in [0.25, 0.3) is 0 Å². The first kappa shape index (κ1) is 9.93. The van der Waals surface area contributed by atoms with E-state index >= 15 is 0 Å². The van der Waals surface area contributed by atoms with Crippen molar-refractivity contribution in [1.82, 2.24) is 0 Å². The lowest BCUT2D eigenvalue weighted by Gasteiger charge is -1.88. The molecule has 11 heavy (non-hydrogen) atoms. The van der Waals surface area contributed by atoms with Crippen LogP contribution in [0, 0.1) is 0 Å². The standard InChI is InChI=1S/C10H15N/c1-5-9(3)7-8-11-10(4)6-2/h7-8H,2,5H2,1,3-4H3/b9-7+,11-8?. The molecule has 0 rings (SSSR count). The molecule has 0 atom stereocenters. The average molecular weight is 149 g/mol. The van der Waals surface area contributed by atoms with E-state index in [4.69, 9.17) is 0 Å². The first-order valence-corrected chi connectivity index (χ1v) is 3.77. The van der Waals surface area contributed by atoms with Crippen LogP contribution in [0.3, 0.4) is 0 Å². The third-order valence-corrected chi connectivity index (χ3v) is 1.44. The van der Waals surface area contributed by atoms with Gasteiger partial charge in [-0.3, -0.25) is 4.99 Å². The van der Waals surface area contributed by atoms with E-state index in [1.165, 1.54) is 5.57 Å². The van der Waals surface area contributed by atoms with Crippen LogP contribution in [0.1, 0.15) is 27.2 Å². The number of allylic oxidation sites excluding steroid dienone is 3. The monoisotopic (exact) mass is 149 g/mol. The fourth-order valence-electron chi connectivity index (χ4n) is 0.440. The van der Waals surface area contributed by atoms with Crippen molar-refractivity contribution < 1.29 is 0 Å². The van der Waals surface area contributed by atoms with Crippen molar-refractivity contribution in [2.24, 2.45) is 4.99 Å². The Morgan fingerprint density at radius 3 is 2.64 bits per heavy atom. The van der Waals surface area contributed by atoms with Gasteiger partial charge in [-0.15, -0.1) is 5.73 Å². The Morgan fingerprint density at radius 1 is 1.55 bits per heavy atom. The molecule has 60 valence electrons. The lowest BCUT2D eigenvalue weighted by Crippen LogP contribution is -1.73. The van der Waals surface area contributed by atoms with Crippen LogP contribution >= 0.6 is 0 Å². The third kappa shape index (κ3) is 5.38. The van der Waals surface area contributed by atoms with Crippen LogP contribution in [0.4, 0.5) is 0 Å². The van der Waals surface area contributed by atoms with Gasteiger partial charge >= 0.3 is 0 Å². The molecular weight excluding hydrogens is 134 g/mol. The third-order valence-electron chi connectivity index (χ3n) is 1.44. The lowest BCUT2D eigenvalue weighted by molar-refractivity contribution is 1.10. The van der Waals surface area contributed by atoms with Crippen LogP contribution in [-0.4, -0.2) is 6.21 Å². The van der Waals surface area contributed by atoms with Gasteiger partial charge in [-0.2, -0.15) is 0 Å². The van der Waals surface area contributed by atoms with Gasteiger partial charge in [-0.25, -0.2) is 0 Å². The second kappa shape index (κ2) is 5.70. The number of hydrogen-bond acceptors (Lipinski definition) is 1. The summed E-state index contributed by atoms with van der Waals surface area (Å²) in [5.41, 5.74) is 4.85. The molecule has 1 nitrogen and oxygen atoms in total. The van der Waals surface area contributed by atoms with Gasteiger partial charge < -0.3 is 0 Å². The number of rotatable bonds is 3. The van der Waals surface area contributed by atoms with E-state index in [2.05, 4.69) is 31.2 Å². The van der Waals surface area contributed by atoms with E-state index in [9.17, 15) is 0 Å². The van der Waals surface area contributed by atoms with Crippen molar-refractivity contribution in [2.45, 2.75) is 27.2 Å². The molecule has 0 aromatic rings. The van der Waals surface area contributed by atoms with Crippen molar-refractivity contribution in [1.29, 1.82) is 0 Å². The van der Waals surface area contributed by atoms with E-state index in [-0.39, 0.29) is 0 Å². The molecule has 0 unspecified atom stereocenters. The van der Waals surface area contributed by atoms with Gasteiger partial charge in [-0.05, 0) is 26.3 Å². The summed E-state index contributed by atoms with van der Waals surface area (Å²) < 4.78 is 0. The van der Waals surface area contributed by atoms with Crippen molar-refractivity contribution in [2.75, 3.05) is 0 Å². The summed E-state index contributed by atoms with van der Waals surface area (Å²) in [5, 5.41) is 0. The normalized spacial score (nSPS) is 11.7. The molecule has 0 bridgehead atoms. The van der Waals surface area contributed by atoms with E-state index in [0.29, 0.717) is 0 Å². The number of hydrogen-bond donors (Lipinski definition) is 0. The zero-order valence-corrected chi connectivity index (χ0v) is 7.52. The molecule has 0 saturated carbocycles. The molecular formula is C10H15N. The van der Waals surface area contributed by atoms with Crippen LogP contribution in [0.15, 0.2) is 34.6 Å². The van der Waals surface area contributed by atoms with Crippen molar-refractivity contribution in [3.05, 3.63) is 29.7 Å². The maximum absolute atomic E-state index is 4.07. The molecule has 1 heteroatoms. The highest BCUT2D eigenvalue weighted by Crippen LogP contribution is 1.96. The molecule has 0 N–H and O–H groups in total. The highest BCUT2D eigenvalue weighted by Gasteiger charge is 1.79. The summed E-state index contributed by atoms with van der Waals surface area (Å²) >= 11 is 0. The maximum Gasteiger partial charge on any atom is 0.0783 e. The van der Waals surface area contributed by atoms with E-state index in [1.807, 2.05) is 13.0 Å². The van der Waals surface area contributed by atoms with E-state index in [0.717, 1.165) is 12.1 Å².